The molecule has 4 N–H and O–H groups in total. The molecular formula is C22H18N4O6. The van der Waals surface area contributed by atoms with Crippen LogP contribution in [-0.4, -0.2) is 36.5 Å². The first-order chi connectivity index (χ1) is 15.3. The Hall–Kier alpha value is -4.60. The van der Waals surface area contributed by atoms with Crippen molar-refractivity contribution in [1.29, 1.82) is 0 Å². The number of carbonyl (C=O) groups is 3. The second kappa shape index (κ2) is 7.91. The third-order valence-corrected chi connectivity index (χ3v) is 4.98. The highest BCUT2D eigenvalue weighted by atomic mass is 16.5. The molecule has 0 bridgehead atoms. The molecular weight excluding hydrogens is 416 g/mol. The SMILES string of the molecule is COc1cc(-n2c(N)c3c(cc2=O)C(=O)NC3=O)c(OC)cc1NC(=O)c1ccccc1. The lowest BCUT2D eigenvalue weighted by Gasteiger charge is -2.18. The summed E-state index contributed by atoms with van der Waals surface area (Å²) in [5, 5.41) is 4.86. The van der Waals surface area contributed by atoms with Gasteiger partial charge >= 0.3 is 0 Å². The number of aromatic nitrogens is 1. The van der Waals surface area contributed by atoms with Gasteiger partial charge in [-0.25, -0.2) is 0 Å². The first kappa shape index (κ1) is 20.7. The van der Waals surface area contributed by atoms with E-state index in [2.05, 4.69) is 10.6 Å². The molecule has 0 aliphatic carbocycles. The number of nitrogens with one attached hydrogen (secondary N) is 2. The number of hydrogen-bond donors (Lipinski definition) is 3. The van der Waals surface area contributed by atoms with Crippen LogP contribution in [0.2, 0.25) is 0 Å². The van der Waals surface area contributed by atoms with Gasteiger partial charge in [0, 0.05) is 23.8 Å². The summed E-state index contributed by atoms with van der Waals surface area (Å²) >= 11 is 0. The van der Waals surface area contributed by atoms with Crippen molar-refractivity contribution in [2.75, 3.05) is 25.3 Å². The molecule has 3 aromatic rings. The van der Waals surface area contributed by atoms with Crippen molar-refractivity contribution in [3.63, 3.8) is 0 Å². The van der Waals surface area contributed by atoms with E-state index in [0.29, 0.717) is 11.3 Å². The lowest BCUT2D eigenvalue weighted by atomic mass is 10.1. The van der Waals surface area contributed by atoms with E-state index in [1.165, 1.54) is 26.4 Å². The maximum absolute atomic E-state index is 12.8. The molecule has 0 atom stereocenters. The summed E-state index contributed by atoms with van der Waals surface area (Å²) in [5.74, 6) is -1.59. The number of nitrogens with zero attached hydrogens (tertiary/aromatic N) is 1. The fourth-order valence-corrected chi connectivity index (χ4v) is 3.47. The van der Waals surface area contributed by atoms with Crippen LogP contribution in [0.1, 0.15) is 31.1 Å². The summed E-state index contributed by atoms with van der Waals surface area (Å²) in [5.41, 5.74) is 6.17. The van der Waals surface area contributed by atoms with Crippen molar-refractivity contribution in [2.45, 2.75) is 0 Å². The molecule has 10 nitrogen and oxygen atoms in total. The van der Waals surface area contributed by atoms with Crippen LogP contribution in [0.3, 0.4) is 0 Å². The zero-order valence-electron chi connectivity index (χ0n) is 17.1. The lowest BCUT2D eigenvalue weighted by Crippen LogP contribution is -2.24. The molecule has 0 saturated carbocycles. The molecule has 1 aliphatic heterocycles. The Morgan fingerprint density at radius 3 is 2.31 bits per heavy atom. The summed E-state index contributed by atoms with van der Waals surface area (Å²) in [4.78, 5) is 49.4. The van der Waals surface area contributed by atoms with Gasteiger partial charge in [0.1, 0.15) is 17.3 Å². The Balaban J connectivity index is 1.85. The van der Waals surface area contributed by atoms with Crippen LogP contribution in [0.5, 0.6) is 11.5 Å². The molecule has 1 aromatic heterocycles. The molecule has 0 saturated heterocycles. The maximum Gasteiger partial charge on any atom is 0.262 e. The van der Waals surface area contributed by atoms with Gasteiger partial charge in [0.2, 0.25) is 0 Å². The third-order valence-electron chi connectivity index (χ3n) is 4.98. The van der Waals surface area contributed by atoms with E-state index in [-0.39, 0.29) is 40.0 Å². The predicted octanol–water partition coefficient (Wildman–Crippen LogP) is 1.57. The first-order valence-corrected chi connectivity index (χ1v) is 9.39. The van der Waals surface area contributed by atoms with Gasteiger partial charge in [-0.3, -0.25) is 29.1 Å². The molecule has 1 aliphatic rings. The number of anilines is 2. The van der Waals surface area contributed by atoms with E-state index in [0.717, 1.165) is 10.6 Å². The number of nitrogen functional groups attached to an aromatic ring is 1. The highest BCUT2D eigenvalue weighted by Gasteiger charge is 2.32. The fourth-order valence-electron chi connectivity index (χ4n) is 3.47. The minimum absolute atomic E-state index is 0.0913. The Morgan fingerprint density at radius 2 is 1.66 bits per heavy atom. The Kier molecular flexibility index (Phi) is 5.11. The molecule has 0 unspecified atom stereocenters. The first-order valence-electron chi connectivity index (χ1n) is 9.39. The van der Waals surface area contributed by atoms with Crippen molar-refractivity contribution in [3.05, 3.63) is 75.6 Å². The number of amides is 3. The number of fused-ring (bicyclic) bond motifs is 1. The van der Waals surface area contributed by atoms with Crippen LogP contribution in [0.4, 0.5) is 11.5 Å². The summed E-state index contributed by atoms with van der Waals surface area (Å²) in [7, 11) is 2.77. The number of benzene rings is 2. The van der Waals surface area contributed by atoms with Crippen LogP contribution >= 0.6 is 0 Å². The van der Waals surface area contributed by atoms with Crippen LogP contribution in [0.15, 0.2) is 53.3 Å². The highest BCUT2D eigenvalue weighted by molar-refractivity contribution is 6.23. The molecule has 0 fully saturated rings. The van der Waals surface area contributed by atoms with Gasteiger partial charge in [-0.1, -0.05) is 18.2 Å². The van der Waals surface area contributed by atoms with E-state index in [1.807, 2.05) is 0 Å². The van der Waals surface area contributed by atoms with Gasteiger partial charge in [-0.15, -0.1) is 0 Å². The Morgan fingerprint density at radius 1 is 0.969 bits per heavy atom. The minimum Gasteiger partial charge on any atom is -0.494 e. The van der Waals surface area contributed by atoms with Crippen molar-refractivity contribution in [1.82, 2.24) is 9.88 Å². The second-order valence-electron chi connectivity index (χ2n) is 6.82. The number of nitrogens with two attached hydrogens (primary N) is 1. The number of imide groups is 1. The van der Waals surface area contributed by atoms with Gasteiger partial charge in [-0.05, 0) is 12.1 Å². The van der Waals surface area contributed by atoms with Crippen LogP contribution in [0, 0.1) is 0 Å². The third kappa shape index (κ3) is 3.33. The van der Waals surface area contributed by atoms with E-state index >= 15 is 0 Å². The number of hydrogen-bond acceptors (Lipinski definition) is 7. The molecule has 3 amide bonds. The maximum atomic E-state index is 12.8. The molecule has 162 valence electrons. The summed E-state index contributed by atoms with van der Waals surface area (Å²) in [6.07, 6.45) is 0. The summed E-state index contributed by atoms with van der Waals surface area (Å²) in [6.45, 7) is 0. The van der Waals surface area contributed by atoms with Gasteiger partial charge in [0.25, 0.3) is 23.3 Å². The van der Waals surface area contributed by atoms with Gasteiger partial charge < -0.3 is 20.5 Å². The fraction of sp³-hybridized carbons (Fsp3) is 0.0909. The number of pyridine rings is 1. The minimum atomic E-state index is -0.700. The molecule has 32 heavy (non-hydrogen) atoms. The molecule has 2 heterocycles. The van der Waals surface area contributed by atoms with E-state index in [1.54, 1.807) is 30.3 Å². The molecule has 10 heteroatoms. The zero-order valence-corrected chi connectivity index (χ0v) is 17.1. The van der Waals surface area contributed by atoms with Gasteiger partial charge in [0.05, 0.1) is 36.7 Å². The number of methoxy groups -OCH3 is 2. The average Bonchev–Trinajstić information content (AvgIpc) is 3.07. The molecule has 4 rings (SSSR count). The van der Waals surface area contributed by atoms with Crippen LogP contribution in [-0.2, 0) is 0 Å². The van der Waals surface area contributed by atoms with Crippen molar-refractivity contribution < 1.29 is 23.9 Å². The van der Waals surface area contributed by atoms with Gasteiger partial charge in [-0.2, -0.15) is 0 Å². The Bertz CT molecular complexity index is 1330. The van der Waals surface area contributed by atoms with Crippen LogP contribution < -0.4 is 31.4 Å². The smallest absolute Gasteiger partial charge is 0.262 e. The summed E-state index contributed by atoms with van der Waals surface area (Å²) < 4.78 is 11.9. The van der Waals surface area contributed by atoms with Crippen molar-refractivity contribution in [3.8, 4) is 17.2 Å². The lowest BCUT2D eigenvalue weighted by molar-refractivity contribution is 0.0879. The normalized spacial score (nSPS) is 12.2. The number of carbonyl (C=O) groups excluding carboxylic acids is 3. The highest BCUT2D eigenvalue weighted by Crippen LogP contribution is 2.36. The second-order valence-corrected chi connectivity index (χ2v) is 6.82. The largest absolute Gasteiger partial charge is 0.494 e. The molecule has 0 radical (unpaired) electrons. The standard InChI is InChI=1S/C22H18N4O6/c1-31-15-10-14(26-17(27)8-12-18(19(26)23)22(30)25-21(12)29)16(32-2)9-13(15)24-20(28)11-6-4-3-5-7-11/h3-10H,23H2,1-2H3,(H,24,28)(H,25,29,30). The van der Waals surface area contributed by atoms with Gasteiger partial charge in [0.15, 0.2) is 0 Å². The monoisotopic (exact) mass is 434 g/mol. The number of rotatable bonds is 5. The van der Waals surface area contributed by atoms with Crippen molar-refractivity contribution in [2.24, 2.45) is 0 Å². The topological polar surface area (TPSA) is 142 Å². The van der Waals surface area contributed by atoms with E-state index < -0.39 is 17.4 Å². The number of ether oxygens (including phenoxy) is 2. The van der Waals surface area contributed by atoms with E-state index in [9.17, 15) is 19.2 Å². The van der Waals surface area contributed by atoms with E-state index in [4.69, 9.17) is 15.2 Å². The van der Waals surface area contributed by atoms with Crippen molar-refractivity contribution >= 4 is 29.2 Å². The van der Waals surface area contributed by atoms with Crippen LogP contribution in [0.25, 0.3) is 5.69 Å². The average molecular weight is 434 g/mol. The zero-order chi connectivity index (χ0) is 23.0. The molecule has 0 spiro atoms. The Labute approximate surface area is 181 Å². The summed E-state index contributed by atoms with van der Waals surface area (Å²) in [6, 6.07) is 12.5. The quantitative estimate of drug-likeness (QED) is 0.518. The predicted molar refractivity (Wildman–Crippen MR) is 116 cm³/mol. The molecule has 2 aromatic carbocycles.